The zero-order valence-corrected chi connectivity index (χ0v) is 24.1. The van der Waals surface area contributed by atoms with E-state index in [4.69, 9.17) is 10.5 Å². The molecule has 2 aromatic carbocycles. The summed E-state index contributed by atoms with van der Waals surface area (Å²) < 4.78 is 52.6. The number of anilines is 1. The number of carbonyl (C=O) groups is 3. The number of hydrogen-bond donors (Lipinski definition) is 4. The molecule has 15 heteroatoms. The SMILES string of the molecule is COCC(N)=O.NC(=O)/C=C/CCCC(=O)Nc1cccn(Cc2nc3c(OCc4ccc(F)cc4F)cc(F)cc3[nH]2)c1=O. The number of pyridine rings is 1. The van der Waals surface area contributed by atoms with Crippen molar-refractivity contribution in [3.63, 3.8) is 0 Å². The predicted molar refractivity (Wildman–Crippen MR) is 158 cm³/mol. The monoisotopic (exact) mass is 628 g/mol. The minimum atomic E-state index is -0.795. The number of aromatic amines is 1. The molecule has 0 spiro atoms. The number of rotatable bonds is 13. The number of nitrogens with two attached hydrogens (primary N) is 2. The van der Waals surface area contributed by atoms with Crippen LogP contribution in [-0.4, -0.2) is 46.0 Å². The van der Waals surface area contributed by atoms with Gasteiger partial charge in [-0.05, 0) is 49.2 Å². The maximum atomic E-state index is 14.2. The van der Waals surface area contributed by atoms with Crippen LogP contribution in [0.2, 0.25) is 0 Å². The zero-order valence-electron chi connectivity index (χ0n) is 24.1. The van der Waals surface area contributed by atoms with Crippen molar-refractivity contribution in [2.24, 2.45) is 11.5 Å². The molecule has 4 rings (SSSR count). The number of hydrogen-bond acceptors (Lipinski definition) is 7. The number of carbonyl (C=O) groups excluding carboxylic acids is 3. The maximum absolute atomic E-state index is 14.2. The Morgan fingerprint density at radius 2 is 1.87 bits per heavy atom. The molecular weight excluding hydrogens is 597 g/mol. The van der Waals surface area contributed by atoms with Gasteiger partial charge in [0, 0.05) is 37.4 Å². The summed E-state index contributed by atoms with van der Waals surface area (Å²) in [6.45, 7) is -0.293. The van der Waals surface area contributed by atoms with Crippen molar-refractivity contribution in [1.29, 1.82) is 0 Å². The van der Waals surface area contributed by atoms with Crippen molar-refractivity contribution < 1.29 is 37.0 Å². The van der Waals surface area contributed by atoms with E-state index in [2.05, 4.69) is 25.8 Å². The van der Waals surface area contributed by atoms with Crippen LogP contribution in [0.3, 0.4) is 0 Å². The summed E-state index contributed by atoms with van der Waals surface area (Å²) in [5.41, 5.74) is 9.88. The highest BCUT2D eigenvalue weighted by Crippen LogP contribution is 2.27. The van der Waals surface area contributed by atoms with Gasteiger partial charge in [0.25, 0.3) is 5.56 Å². The lowest BCUT2D eigenvalue weighted by molar-refractivity contribution is -0.121. The fourth-order valence-electron chi connectivity index (χ4n) is 3.94. The van der Waals surface area contributed by atoms with Crippen LogP contribution in [0.15, 0.2) is 65.6 Å². The topological polar surface area (TPSA) is 184 Å². The van der Waals surface area contributed by atoms with Crippen LogP contribution in [0, 0.1) is 17.5 Å². The summed E-state index contributed by atoms with van der Waals surface area (Å²) in [5.74, 6) is -3.17. The Kier molecular flexibility index (Phi) is 12.4. The first-order valence-corrected chi connectivity index (χ1v) is 13.4. The number of ether oxygens (including phenoxy) is 2. The van der Waals surface area contributed by atoms with Gasteiger partial charge < -0.3 is 35.8 Å². The van der Waals surface area contributed by atoms with E-state index in [0.717, 1.165) is 18.2 Å². The summed E-state index contributed by atoms with van der Waals surface area (Å²) in [6, 6.07) is 8.41. The average molecular weight is 629 g/mol. The van der Waals surface area contributed by atoms with Crippen LogP contribution in [-0.2, 0) is 32.3 Å². The third kappa shape index (κ3) is 10.7. The lowest BCUT2D eigenvalue weighted by Crippen LogP contribution is -2.26. The van der Waals surface area contributed by atoms with Gasteiger partial charge in [-0.3, -0.25) is 19.2 Å². The standard InChI is InChI=1S/C27H24F3N5O4.C3H7NO2/c28-17-9-8-16(19(30)11-17)15-39-22-13-18(29)12-21-26(22)34-24(32-21)14-35-10-4-5-20(27(35)38)33-25(37)7-3-1-2-6-23(31)36;1-6-2-3(4)5/h2,4-6,8-13H,1,3,7,14-15H2,(H2,31,36)(H,32,34)(H,33,37);2H2,1H3,(H2,4,5)/b6-2+;. The van der Waals surface area contributed by atoms with Crippen molar-refractivity contribution >= 4 is 34.4 Å². The van der Waals surface area contributed by atoms with Crippen molar-refractivity contribution in [2.75, 3.05) is 19.0 Å². The van der Waals surface area contributed by atoms with Crippen LogP contribution < -0.4 is 27.1 Å². The molecule has 0 aliphatic heterocycles. The second-order valence-corrected chi connectivity index (χ2v) is 9.51. The van der Waals surface area contributed by atoms with E-state index >= 15 is 0 Å². The summed E-state index contributed by atoms with van der Waals surface area (Å²) in [4.78, 5) is 52.9. The van der Waals surface area contributed by atoms with Crippen molar-refractivity contribution in [3.8, 4) is 5.75 Å². The fourth-order valence-corrected chi connectivity index (χ4v) is 3.94. The number of aromatic nitrogens is 3. The number of H-pyrrole nitrogens is 1. The lowest BCUT2D eigenvalue weighted by atomic mass is 10.2. The van der Waals surface area contributed by atoms with Crippen molar-refractivity contribution in [1.82, 2.24) is 14.5 Å². The molecule has 0 saturated carbocycles. The Labute approximate surface area is 254 Å². The zero-order chi connectivity index (χ0) is 32.9. The van der Waals surface area contributed by atoms with E-state index in [9.17, 15) is 32.3 Å². The van der Waals surface area contributed by atoms with Gasteiger partial charge in [0.05, 0.1) is 12.1 Å². The molecule has 6 N–H and O–H groups in total. The number of fused-ring (bicyclic) bond motifs is 1. The van der Waals surface area contributed by atoms with Gasteiger partial charge in [0.2, 0.25) is 17.7 Å². The molecule has 45 heavy (non-hydrogen) atoms. The van der Waals surface area contributed by atoms with Crippen LogP contribution in [0.1, 0.15) is 30.7 Å². The number of unbranched alkanes of at least 4 members (excludes halogenated alkanes) is 1. The van der Waals surface area contributed by atoms with Gasteiger partial charge in [0.15, 0.2) is 5.75 Å². The first-order valence-electron chi connectivity index (χ1n) is 13.4. The third-order valence-electron chi connectivity index (χ3n) is 5.92. The normalized spacial score (nSPS) is 10.8. The van der Waals surface area contributed by atoms with Crippen LogP contribution >= 0.6 is 0 Å². The first-order chi connectivity index (χ1) is 21.5. The molecule has 12 nitrogen and oxygen atoms in total. The van der Waals surface area contributed by atoms with Crippen molar-refractivity contribution in [3.05, 3.63) is 100 Å². The van der Waals surface area contributed by atoms with Gasteiger partial charge in [-0.2, -0.15) is 0 Å². The Morgan fingerprint density at radius 1 is 1.09 bits per heavy atom. The number of benzene rings is 2. The summed E-state index contributed by atoms with van der Waals surface area (Å²) in [7, 11) is 1.42. The number of primary amides is 2. The first kappa shape index (κ1) is 34.1. The number of imidazole rings is 1. The summed E-state index contributed by atoms with van der Waals surface area (Å²) >= 11 is 0. The largest absolute Gasteiger partial charge is 0.486 e. The van der Waals surface area contributed by atoms with Gasteiger partial charge in [-0.25, -0.2) is 18.2 Å². The highest BCUT2D eigenvalue weighted by molar-refractivity contribution is 5.90. The van der Waals surface area contributed by atoms with Crippen LogP contribution in [0.5, 0.6) is 5.75 Å². The molecular formula is C30H31F3N6O6. The minimum absolute atomic E-state index is 0.0139. The van der Waals surface area contributed by atoms with Gasteiger partial charge >= 0.3 is 0 Å². The molecule has 0 radical (unpaired) electrons. The van der Waals surface area contributed by atoms with E-state index in [-0.39, 0.29) is 54.6 Å². The Balaban J connectivity index is 0.000000838. The molecule has 3 amide bonds. The second kappa shape index (κ2) is 16.4. The molecule has 238 valence electrons. The van der Waals surface area contributed by atoms with Gasteiger partial charge in [0.1, 0.15) is 47.7 Å². The van der Waals surface area contributed by atoms with E-state index in [1.807, 2.05) is 0 Å². The molecule has 0 unspecified atom stereocenters. The number of amides is 3. The second-order valence-electron chi connectivity index (χ2n) is 9.51. The Morgan fingerprint density at radius 3 is 2.53 bits per heavy atom. The quantitative estimate of drug-likeness (QED) is 0.130. The Hall–Kier alpha value is -5.44. The smallest absolute Gasteiger partial charge is 0.274 e. The lowest BCUT2D eigenvalue weighted by Gasteiger charge is -2.08. The highest BCUT2D eigenvalue weighted by atomic mass is 19.1. The molecule has 2 heterocycles. The summed E-state index contributed by atoms with van der Waals surface area (Å²) in [6.07, 6.45) is 5.38. The van der Waals surface area contributed by atoms with E-state index < -0.39 is 34.8 Å². The number of halogens is 3. The summed E-state index contributed by atoms with van der Waals surface area (Å²) in [5, 5.41) is 2.58. The van der Waals surface area contributed by atoms with E-state index in [1.54, 1.807) is 12.1 Å². The molecule has 0 saturated heterocycles. The molecule has 0 fully saturated rings. The Bertz CT molecular complexity index is 1750. The molecule has 4 aromatic rings. The maximum Gasteiger partial charge on any atom is 0.274 e. The predicted octanol–water partition coefficient (Wildman–Crippen LogP) is 3.04. The van der Waals surface area contributed by atoms with Gasteiger partial charge in [-0.1, -0.05) is 6.08 Å². The molecule has 0 aliphatic rings. The highest BCUT2D eigenvalue weighted by Gasteiger charge is 2.14. The average Bonchev–Trinajstić information content (AvgIpc) is 3.37. The third-order valence-corrected chi connectivity index (χ3v) is 5.92. The number of nitrogens with zero attached hydrogens (tertiary/aromatic N) is 2. The molecule has 0 atom stereocenters. The molecule has 0 bridgehead atoms. The van der Waals surface area contributed by atoms with Crippen LogP contribution in [0.25, 0.3) is 11.0 Å². The number of methoxy groups -OCH3 is 1. The van der Waals surface area contributed by atoms with E-state index in [1.165, 1.54) is 42.1 Å². The molecule has 2 aromatic heterocycles. The number of nitrogens with one attached hydrogen (secondary N) is 2. The number of allylic oxidation sites excluding steroid dienone is 1. The molecule has 0 aliphatic carbocycles. The van der Waals surface area contributed by atoms with Crippen LogP contribution in [0.4, 0.5) is 18.9 Å². The van der Waals surface area contributed by atoms with Gasteiger partial charge in [-0.15, -0.1) is 0 Å². The van der Waals surface area contributed by atoms with Crippen molar-refractivity contribution in [2.45, 2.75) is 32.4 Å². The fraction of sp³-hybridized carbons (Fsp3) is 0.233. The van der Waals surface area contributed by atoms with E-state index in [0.29, 0.717) is 24.2 Å². The minimum Gasteiger partial charge on any atom is -0.486 e.